The standard InChI is InChI=1S/C21H27N3O3S/c1-2-27-18-10-8-16(9-11-18)14-19(22)21(26)24(23)20(25)12-13-28-15-17-6-4-3-5-7-17/h3-11,19H,2,12-15,22-23H2,1H3/t19-/m0/s1/i1D. The third-order valence-electron chi connectivity index (χ3n) is 4.04. The molecule has 4 N–H and O–H groups in total. The first-order valence-corrected chi connectivity index (χ1v) is 10.2. The second-order valence-corrected chi connectivity index (χ2v) is 7.30. The van der Waals surface area contributed by atoms with Crippen molar-refractivity contribution in [1.82, 2.24) is 5.01 Å². The highest BCUT2D eigenvalue weighted by Crippen LogP contribution is 2.15. The molecule has 1 atom stereocenters. The maximum Gasteiger partial charge on any atom is 0.260 e. The number of nitrogens with zero attached hydrogens (tertiary/aromatic N) is 1. The van der Waals surface area contributed by atoms with Gasteiger partial charge in [0.05, 0.1) is 12.6 Å². The number of amides is 2. The third-order valence-corrected chi connectivity index (χ3v) is 5.07. The van der Waals surface area contributed by atoms with E-state index >= 15 is 0 Å². The zero-order valence-electron chi connectivity index (χ0n) is 16.8. The fourth-order valence-electron chi connectivity index (χ4n) is 2.53. The molecule has 0 radical (unpaired) electrons. The maximum atomic E-state index is 12.4. The van der Waals surface area contributed by atoms with Gasteiger partial charge in [-0.2, -0.15) is 11.8 Å². The number of ether oxygens (including phenoxy) is 1. The fraction of sp³-hybridized carbons (Fsp3) is 0.333. The van der Waals surface area contributed by atoms with E-state index < -0.39 is 17.9 Å². The lowest BCUT2D eigenvalue weighted by molar-refractivity contribution is -0.145. The Balaban J connectivity index is 1.74. The van der Waals surface area contributed by atoms with E-state index in [1.54, 1.807) is 36.0 Å². The Hall–Kier alpha value is -2.35. The average molecular weight is 403 g/mol. The molecule has 0 saturated heterocycles. The van der Waals surface area contributed by atoms with Crippen molar-refractivity contribution in [3.05, 3.63) is 65.7 Å². The Labute approximate surface area is 171 Å². The van der Waals surface area contributed by atoms with E-state index in [0.717, 1.165) is 11.3 Å². The van der Waals surface area contributed by atoms with Crippen LogP contribution in [0.5, 0.6) is 5.75 Å². The molecule has 0 aromatic heterocycles. The molecule has 2 amide bonds. The van der Waals surface area contributed by atoms with Gasteiger partial charge in [-0.15, -0.1) is 0 Å². The van der Waals surface area contributed by atoms with E-state index in [-0.39, 0.29) is 19.7 Å². The molecule has 2 rings (SSSR count). The van der Waals surface area contributed by atoms with Crippen LogP contribution in [0.2, 0.25) is 0 Å². The first-order valence-electron chi connectivity index (χ1n) is 9.71. The van der Waals surface area contributed by atoms with Gasteiger partial charge >= 0.3 is 0 Å². The number of rotatable bonds is 10. The number of carbonyl (C=O) groups excluding carboxylic acids is 2. The Morgan fingerprint density at radius 3 is 2.54 bits per heavy atom. The largest absolute Gasteiger partial charge is 0.494 e. The molecule has 2 aromatic rings. The summed E-state index contributed by atoms with van der Waals surface area (Å²) in [5.41, 5.74) is 7.97. The molecule has 0 aliphatic rings. The lowest BCUT2D eigenvalue weighted by Gasteiger charge is -2.19. The summed E-state index contributed by atoms with van der Waals surface area (Å²) in [4.78, 5) is 24.5. The number of imide groups is 1. The van der Waals surface area contributed by atoms with Gasteiger partial charge in [-0.25, -0.2) is 10.9 Å². The zero-order chi connectivity index (χ0) is 21.1. The number of carbonyl (C=O) groups is 2. The van der Waals surface area contributed by atoms with Crippen LogP contribution in [0.15, 0.2) is 54.6 Å². The monoisotopic (exact) mass is 402 g/mol. The number of hydrogen-bond donors (Lipinski definition) is 2. The fourth-order valence-corrected chi connectivity index (χ4v) is 3.42. The zero-order valence-corrected chi connectivity index (χ0v) is 16.6. The molecule has 0 saturated carbocycles. The van der Waals surface area contributed by atoms with Gasteiger partial charge in [0.25, 0.3) is 5.91 Å². The van der Waals surface area contributed by atoms with Crippen molar-refractivity contribution in [2.45, 2.75) is 31.5 Å². The van der Waals surface area contributed by atoms with E-state index in [1.165, 1.54) is 5.56 Å². The van der Waals surface area contributed by atoms with E-state index in [4.69, 9.17) is 17.7 Å². The summed E-state index contributed by atoms with van der Waals surface area (Å²) in [6.07, 6.45) is 0.440. The highest BCUT2D eigenvalue weighted by atomic mass is 32.2. The van der Waals surface area contributed by atoms with Crippen molar-refractivity contribution in [3.63, 3.8) is 0 Å². The van der Waals surface area contributed by atoms with Crippen LogP contribution in [0.1, 0.15) is 25.8 Å². The first kappa shape index (κ1) is 20.4. The van der Waals surface area contributed by atoms with Gasteiger partial charge in [0, 0.05) is 19.3 Å². The predicted molar refractivity (Wildman–Crippen MR) is 113 cm³/mol. The number of benzene rings is 2. The summed E-state index contributed by atoms with van der Waals surface area (Å²) < 4.78 is 12.4. The minimum atomic E-state index is -0.902. The van der Waals surface area contributed by atoms with Crippen LogP contribution in [-0.4, -0.2) is 35.2 Å². The van der Waals surface area contributed by atoms with Crippen LogP contribution in [0.25, 0.3) is 0 Å². The van der Waals surface area contributed by atoms with Gasteiger partial charge in [0.15, 0.2) is 0 Å². The Bertz CT molecular complexity index is 775. The summed E-state index contributed by atoms with van der Waals surface area (Å²) in [5, 5.41) is 0.638. The Morgan fingerprint density at radius 1 is 1.14 bits per heavy atom. The van der Waals surface area contributed by atoms with Gasteiger partial charge in [0.2, 0.25) is 5.91 Å². The Morgan fingerprint density at radius 2 is 1.86 bits per heavy atom. The normalized spacial score (nSPS) is 12.1. The molecule has 28 heavy (non-hydrogen) atoms. The topological polar surface area (TPSA) is 98.7 Å². The van der Waals surface area contributed by atoms with E-state index in [2.05, 4.69) is 0 Å². The van der Waals surface area contributed by atoms with Crippen LogP contribution >= 0.6 is 11.8 Å². The molecule has 6 nitrogen and oxygen atoms in total. The van der Waals surface area contributed by atoms with Crippen molar-refractivity contribution >= 4 is 23.6 Å². The summed E-state index contributed by atoms with van der Waals surface area (Å²) in [5.74, 6) is 6.69. The van der Waals surface area contributed by atoms with Gasteiger partial charge in [0.1, 0.15) is 5.75 Å². The first-order chi connectivity index (χ1) is 14.0. The molecule has 7 heteroatoms. The highest BCUT2D eigenvalue weighted by molar-refractivity contribution is 7.98. The lowest BCUT2D eigenvalue weighted by atomic mass is 10.1. The predicted octanol–water partition coefficient (Wildman–Crippen LogP) is 2.51. The van der Waals surface area contributed by atoms with Crippen LogP contribution in [0.3, 0.4) is 0 Å². The SMILES string of the molecule is [2H]CCOc1ccc(C[C@H](N)C(=O)N(N)C(=O)CCSCc2ccccc2)cc1. The molecule has 0 aliphatic heterocycles. The molecule has 0 aliphatic carbocycles. The van der Waals surface area contributed by atoms with Crippen molar-refractivity contribution in [1.29, 1.82) is 0 Å². The molecule has 0 unspecified atom stereocenters. The molecule has 0 bridgehead atoms. The lowest BCUT2D eigenvalue weighted by Crippen LogP contribution is -2.51. The van der Waals surface area contributed by atoms with Crippen molar-refractivity contribution in [2.24, 2.45) is 11.6 Å². The van der Waals surface area contributed by atoms with Crippen LogP contribution < -0.4 is 16.3 Å². The average Bonchev–Trinajstić information content (AvgIpc) is 2.75. The van der Waals surface area contributed by atoms with Crippen molar-refractivity contribution in [2.75, 3.05) is 12.4 Å². The van der Waals surface area contributed by atoms with Crippen LogP contribution in [0.4, 0.5) is 0 Å². The summed E-state index contributed by atoms with van der Waals surface area (Å²) in [6.45, 7) is 0.511. The smallest absolute Gasteiger partial charge is 0.260 e. The minimum absolute atomic E-state index is 0.175. The Kier molecular flexibility index (Phi) is 8.36. The number of hydrazine groups is 1. The quantitative estimate of drug-likeness (QED) is 0.274. The molecule has 0 fully saturated rings. The second kappa shape index (κ2) is 11.5. The number of hydrogen-bond acceptors (Lipinski definition) is 6. The summed E-state index contributed by atoms with van der Waals surface area (Å²) in [7, 11) is 0. The van der Waals surface area contributed by atoms with E-state index in [1.807, 2.05) is 30.3 Å². The highest BCUT2D eigenvalue weighted by Gasteiger charge is 2.23. The van der Waals surface area contributed by atoms with Gasteiger partial charge < -0.3 is 10.5 Å². The van der Waals surface area contributed by atoms with Crippen molar-refractivity contribution < 1.29 is 15.7 Å². The molecule has 2 aromatic carbocycles. The van der Waals surface area contributed by atoms with Gasteiger partial charge in [-0.05, 0) is 36.6 Å². The van der Waals surface area contributed by atoms with E-state index in [9.17, 15) is 9.59 Å². The minimum Gasteiger partial charge on any atom is -0.494 e. The number of thioether (sulfide) groups is 1. The van der Waals surface area contributed by atoms with Crippen LogP contribution in [-0.2, 0) is 21.8 Å². The van der Waals surface area contributed by atoms with Gasteiger partial charge in [-0.3, -0.25) is 9.59 Å². The molecule has 150 valence electrons. The second-order valence-electron chi connectivity index (χ2n) is 6.19. The van der Waals surface area contributed by atoms with E-state index in [0.29, 0.717) is 23.1 Å². The molecular weight excluding hydrogens is 374 g/mol. The summed E-state index contributed by atoms with van der Waals surface area (Å²) >= 11 is 1.61. The maximum absolute atomic E-state index is 12.4. The molecular formula is C21H27N3O3S. The number of nitrogens with two attached hydrogens (primary N) is 2. The van der Waals surface area contributed by atoms with Gasteiger partial charge in [-0.1, -0.05) is 42.5 Å². The van der Waals surface area contributed by atoms with Crippen LogP contribution in [0, 0.1) is 0 Å². The van der Waals surface area contributed by atoms with Crippen molar-refractivity contribution in [3.8, 4) is 5.75 Å². The molecule has 0 heterocycles. The molecule has 0 spiro atoms. The summed E-state index contributed by atoms with van der Waals surface area (Å²) in [6, 6.07) is 16.2. The third kappa shape index (κ3) is 6.99.